The van der Waals surface area contributed by atoms with Crippen LogP contribution in [-0.2, 0) is 56.6 Å². The lowest BCUT2D eigenvalue weighted by atomic mass is 9.97. The number of ketones is 1. The minimum absolute atomic E-state index is 0.0781. The summed E-state index contributed by atoms with van der Waals surface area (Å²) in [4.78, 5) is 85.4. The van der Waals surface area contributed by atoms with Crippen LogP contribution in [0.2, 0.25) is 0 Å². The molecule has 0 heterocycles. The van der Waals surface area contributed by atoms with E-state index in [2.05, 4.69) is 13.8 Å². The number of rotatable bonds is 45. The Bertz CT molecular complexity index is 1300. The van der Waals surface area contributed by atoms with Gasteiger partial charge in [0.1, 0.15) is 18.4 Å². The third kappa shape index (κ3) is 38.1. The molecule has 0 radical (unpaired) electrons. The molecule has 0 aliphatic carbocycles. The molecule has 18 heteroatoms. The Labute approximate surface area is 376 Å². The van der Waals surface area contributed by atoms with Crippen LogP contribution < -0.4 is 16.4 Å². The van der Waals surface area contributed by atoms with Crippen molar-refractivity contribution in [3.05, 3.63) is 0 Å². The molecule has 0 spiro atoms. The second-order valence-electron chi connectivity index (χ2n) is 16.6. The maximum absolute atomic E-state index is 12.9. The number of carboxylic acid groups (broad SMARTS) is 2. The zero-order valence-corrected chi connectivity index (χ0v) is 39.3. The summed E-state index contributed by atoms with van der Waals surface area (Å²) in [6, 6.07) is -2.53. The van der Waals surface area contributed by atoms with Gasteiger partial charge in [0, 0.05) is 38.0 Å². The lowest BCUT2D eigenvalue weighted by Crippen LogP contribution is -2.37. The summed E-state index contributed by atoms with van der Waals surface area (Å²) in [5.41, 5.74) is 11.5. The van der Waals surface area contributed by atoms with Crippen LogP contribution in [-0.4, -0.2) is 90.5 Å². The molecule has 0 fully saturated rings. The monoisotopic (exact) mass is 922 g/mol. The Hall–Kier alpha value is -2.95. The molecule has 0 amide bonds. The molecular weight excluding hydrogens is 839 g/mol. The second kappa shape index (κ2) is 39.4. The summed E-state index contributed by atoms with van der Waals surface area (Å²) in [6.45, 7) is 1.88. The van der Waals surface area contributed by atoms with E-state index < -0.39 is 113 Å². The fourth-order valence-electron chi connectivity index (χ4n) is 6.64. The van der Waals surface area contributed by atoms with Gasteiger partial charge in [0.2, 0.25) is 0 Å². The predicted molar refractivity (Wildman–Crippen MR) is 236 cm³/mol. The number of nitrogens with two attached hydrogens (primary N) is 2. The van der Waals surface area contributed by atoms with Crippen molar-refractivity contribution in [2.45, 2.75) is 218 Å². The first-order valence-electron chi connectivity index (χ1n) is 23.7. The van der Waals surface area contributed by atoms with Crippen LogP contribution in [0.5, 0.6) is 0 Å². The molecule has 17 nitrogen and oxygen atoms in total. The number of carbonyl (C=O) groups is 6. The molecule has 5 atom stereocenters. The van der Waals surface area contributed by atoms with Gasteiger partial charge in [0.25, 0.3) is 7.82 Å². The zero-order valence-electron chi connectivity index (χ0n) is 38.4. The average Bonchev–Trinajstić information content (AvgIpc) is 3.24. The van der Waals surface area contributed by atoms with Crippen molar-refractivity contribution in [2.24, 2.45) is 17.4 Å². The number of esters is 3. The summed E-state index contributed by atoms with van der Waals surface area (Å²) in [7, 11) is -5.19. The minimum atomic E-state index is -5.19. The van der Waals surface area contributed by atoms with E-state index >= 15 is 0 Å². The number of hydrogen-bond acceptors (Lipinski definition) is 15. The molecule has 0 aromatic rings. The summed E-state index contributed by atoms with van der Waals surface area (Å²) in [5, 5.41) is 17.8. The molecule has 0 bridgehead atoms. The highest BCUT2D eigenvalue weighted by atomic mass is 31.2. The Morgan fingerprint density at radius 3 is 1.40 bits per heavy atom. The molecule has 6 N–H and O–H groups in total. The smallest absolute Gasteiger partial charge is 0.322 e. The number of carboxylic acids is 2. The highest BCUT2D eigenvalue weighted by Gasteiger charge is 2.26. The number of carbonyl (C=O) groups excluding carboxylic acids is 4. The summed E-state index contributed by atoms with van der Waals surface area (Å²) >= 11 is 0. The fraction of sp³-hybridized carbons (Fsp3) is 0.867. The van der Waals surface area contributed by atoms with Crippen LogP contribution in [0, 0.1) is 5.92 Å². The first kappa shape index (κ1) is 60.1. The van der Waals surface area contributed by atoms with Gasteiger partial charge in [-0.3, -0.25) is 33.3 Å². The van der Waals surface area contributed by atoms with Gasteiger partial charge in [-0.1, -0.05) is 142 Å². The highest BCUT2D eigenvalue weighted by molar-refractivity contribution is 7.45. The molecule has 368 valence electrons. The zero-order chi connectivity index (χ0) is 47.1. The SMILES string of the molecule is CCCCCCCCCCCCCC(=O)OC[C@H](COP(=O)([O-])OCC(COC(=O)[C@@H](N)CCC(=O)O)CC(=O)[C@@H](N)CCC(=O)O)OC(=O)CCCCCCCCCCCCC. The van der Waals surface area contributed by atoms with Gasteiger partial charge in [-0.25, -0.2) is 0 Å². The number of Topliss-reactive ketones (excluding diaryl/α,β-unsaturated/α-hetero) is 1. The lowest BCUT2D eigenvalue weighted by Gasteiger charge is -2.27. The van der Waals surface area contributed by atoms with Gasteiger partial charge >= 0.3 is 29.8 Å². The first-order valence-corrected chi connectivity index (χ1v) is 25.1. The molecule has 0 aromatic carbocycles. The van der Waals surface area contributed by atoms with Gasteiger partial charge in [-0.15, -0.1) is 0 Å². The number of ether oxygens (including phenoxy) is 3. The molecule has 0 saturated heterocycles. The van der Waals surface area contributed by atoms with Gasteiger partial charge in [0.05, 0.1) is 25.9 Å². The molecule has 0 aliphatic heterocycles. The van der Waals surface area contributed by atoms with Crippen LogP contribution in [0.3, 0.4) is 0 Å². The maximum Gasteiger partial charge on any atom is 0.322 e. The molecule has 0 aromatic heterocycles. The molecule has 2 unspecified atom stereocenters. The molecule has 0 saturated carbocycles. The highest BCUT2D eigenvalue weighted by Crippen LogP contribution is 2.39. The second-order valence-corrected chi connectivity index (χ2v) is 18.1. The van der Waals surface area contributed by atoms with Crippen molar-refractivity contribution in [3.63, 3.8) is 0 Å². The number of aliphatic carboxylic acids is 2. The fourth-order valence-corrected chi connectivity index (χ4v) is 7.46. The van der Waals surface area contributed by atoms with Crippen molar-refractivity contribution in [1.82, 2.24) is 0 Å². The van der Waals surface area contributed by atoms with Gasteiger partial charge < -0.3 is 49.8 Å². The molecule has 0 rings (SSSR count). The molecular formula is C45H82N2O15P-. The predicted octanol–water partition coefficient (Wildman–Crippen LogP) is 7.85. The van der Waals surface area contributed by atoms with Crippen molar-refractivity contribution >= 4 is 43.5 Å². The van der Waals surface area contributed by atoms with E-state index in [4.69, 9.17) is 44.9 Å². The van der Waals surface area contributed by atoms with Crippen LogP contribution in [0.1, 0.15) is 200 Å². The first-order chi connectivity index (χ1) is 30.1. The summed E-state index contributed by atoms with van der Waals surface area (Å²) in [5.74, 6) is -6.27. The van der Waals surface area contributed by atoms with Crippen LogP contribution in [0.25, 0.3) is 0 Å². The van der Waals surface area contributed by atoms with Crippen molar-refractivity contribution < 1.29 is 71.7 Å². The van der Waals surface area contributed by atoms with E-state index in [-0.39, 0.29) is 25.7 Å². The topological polar surface area (TPSA) is 281 Å². The van der Waals surface area contributed by atoms with Gasteiger partial charge in [-0.05, 0) is 25.7 Å². The van der Waals surface area contributed by atoms with Gasteiger partial charge in [-0.2, -0.15) is 0 Å². The van der Waals surface area contributed by atoms with Crippen molar-refractivity contribution in [3.8, 4) is 0 Å². The van der Waals surface area contributed by atoms with Gasteiger partial charge in [0.15, 0.2) is 6.10 Å². The normalized spacial score (nSPS) is 14.2. The number of hydrogen-bond donors (Lipinski definition) is 4. The third-order valence-electron chi connectivity index (χ3n) is 10.6. The molecule has 63 heavy (non-hydrogen) atoms. The van der Waals surface area contributed by atoms with E-state index in [1.165, 1.54) is 77.0 Å². The third-order valence-corrected chi connectivity index (χ3v) is 11.5. The average molecular weight is 922 g/mol. The Morgan fingerprint density at radius 1 is 0.524 bits per heavy atom. The quantitative estimate of drug-likeness (QED) is 0.0196. The number of phosphoric acid groups is 1. The van der Waals surface area contributed by atoms with E-state index in [0.29, 0.717) is 12.8 Å². The Balaban J connectivity index is 5.33. The van der Waals surface area contributed by atoms with Crippen LogP contribution in [0.4, 0.5) is 0 Å². The Morgan fingerprint density at radius 2 is 0.937 bits per heavy atom. The van der Waals surface area contributed by atoms with E-state index in [1.54, 1.807) is 0 Å². The number of unbranched alkanes of at least 4 members (excludes halogenated alkanes) is 20. The van der Waals surface area contributed by atoms with Crippen molar-refractivity contribution in [2.75, 3.05) is 26.4 Å². The standard InChI is InChI=1S/C45H83N2O15P/c1-3-5-7-9-11-13-15-17-19-21-23-25-43(53)58-34-37(62-44(54)26-24-22-20-18-16-14-12-10-8-6-4-2)35-61-63(56,57)60-33-36(31-40(48)38(46)27-29-41(49)50)32-59-45(55)39(47)28-30-42(51)52/h36-39H,3-35,46-47H2,1-2H3,(H,49,50)(H,51,52)(H,56,57)/p-1/t36?,37-,38+,39+/m1/s1. The summed E-state index contributed by atoms with van der Waals surface area (Å²) < 4.78 is 39.0. The largest absolute Gasteiger partial charge is 0.756 e. The number of phosphoric ester groups is 1. The van der Waals surface area contributed by atoms with Crippen LogP contribution in [0.15, 0.2) is 0 Å². The Kier molecular flexibility index (Phi) is 37.6. The molecule has 0 aliphatic rings. The maximum atomic E-state index is 12.9. The van der Waals surface area contributed by atoms with Crippen LogP contribution >= 0.6 is 7.82 Å². The minimum Gasteiger partial charge on any atom is -0.756 e. The van der Waals surface area contributed by atoms with Crippen molar-refractivity contribution in [1.29, 1.82) is 0 Å². The van der Waals surface area contributed by atoms with E-state index in [9.17, 15) is 38.2 Å². The lowest BCUT2D eigenvalue weighted by molar-refractivity contribution is -0.229. The summed E-state index contributed by atoms with van der Waals surface area (Å²) in [6.07, 6.45) is 21.5. The van der Waals surface area contributed by atoms with E-state index in [1.807, 2.05) is 0 Å². The van der Waals surface area contributed by atoms with E-state index in [0.717, 1.165) is 51.4 Å².